The van der Waals surface area contributed by atoms with E-state index in [2.05, 4.69) is 112 Å². The Morgan fingerprint density at radius 3 is 1.36 bits per heavy atom. The second kappa shape index (κ2) is 35.0. The number of likely N-dealkylation sites (N-methyl/N-ethyl adjacent to an activating group) is 1. The maximum absolute atomic E-state index is 12.5. The lowest BCUT2D eigenvalue weighted by atomic mass is 10.1. The first-order valence-electron chi connectivity index (χ1n) is 28.5. The molecule has 0 spiro atoms. The maximum atomic E-state index is 12.5. The Hall–Kier alpha value is -6.41. The van der Waals surface area contributed by atoms with Crippen LogP contribution in [0.25, 0.3) is 0 Å². The highest BCUT2D eigenvalue weighted by Crippen LogP contribution is 2.24. The summed E-state index contributed by atoms with van der Waals surface area (Å²) in [7, 11) is 2.20. The molecule has 4 aliphatic heterocycles. The average molecular weight is 1180 g/mol. The molecule has 6 heterocycles. The molecule has 4 saturated heterocycles. The number of nitrogens with one attached hydrogen (secondary N) is 1. The number of halogens is 4. The number of carbonyl (C=O) groups excluding carboxylic acids is 3. The Morgan fingerprint density at radius 2 is 1.01 bits per heavy atom. The van der Waals surface area contributed by atoms with Crippen LogP contribution in [0.4, 0.5) is 20.4 Å². The van der Waals surface area contributed by atoms with Gasteiger partial charge in [0.05, 0.1) is 29.1 Å². The summed E-state index contributed by atoms with van der Waals surface area (Å²) in [5.41, 5.74) is 6.50. The van der Waals surface area contributed by atoms with Crippen molar-refractivity contribution in [2.75, 3.05) is 122 Å². The van der Waals surface area contributed by atoms with Crippen LogP contribution in [0.5, 0.6) is 0 Å². The molecule has 3 aromatic carbocycles. The number of rotatable bonds is 17. The van der Waals surface area contributed by atoms with E-state index < -0.39 is 5.82 Å². The molecule has 9 rings (SSSR count). The molecule has 0 radical (unpaired) electrons. The molecule has 0 saturated carbocycles. The van der Waals surface area contributed by atoms with Gasteiger partial charge in [-0.25, -0.2) is 28.3 Å². The lowest BCUT2D eigenvalue weighted by molar-refractivity contribution is 0.0367. The lowest BCUT2D eigenvalue weighted by Gasteiger charge is -2.36. The number of ether oxygens (including phenoxy) is 2. The molecule has 446 valence electrons. The summed E-state index contributed by atoms with van der Waals surface area (Å²) < 4.78 is 34.6. The SMILES string of the molecule is C=C/C=C(Cl)\C=C\F.CC(C)OC(=O)c1cccnc1N1CCN(Cc2ccc(CN3CCN(C)CC3)cc2)CC1.CC(C)OC(=O)c1cccnc1N1CCN(Cc2ccc(CN3CCNCC3)cc2)CC1.O=Cc1c(F)cccc1Cl. The molecule has 0 bridgehead atoms. The number of hydrogen-bond acceptors (Lipinski definition) is 15. The zero-order valence-electron chi connectivity index (χ0n) is 48.8. The van der Waals surface area contributed by atoms with E-state index in [9.17, 15) is 23.2 Å². The zero-order chi connectivity index (χ0) is 59.5. The fourth-order valence-corrected chi connectivity index (χ4v) is 10.0. The number of allylic oxidation sites excluding steroid dienone is 4. The molecule has 0 amide bonds. The number of anilines is 2. The lowest BCUT2D eigenvalue weighted by Crippen LogP contribution is -2.46. The second-order valence-corrected chi connectivity index (χ2v) is 22.1. The van der Waals surface area contributed by atoms with E-state index in [1.165, 1.54) is 52.6 Å². The molecule has 0 atom stereocenters. The standard InChI is InChI=1S/C26H37N5O2.C25H35N5O2.C7H4ClFO.C6H6ClF/c1-21(2)33-26(32)24-5-4-10-27-25(24)31-17-15-30(16-18-31)20-23-8-6-22(7-9-23)19-29-13-11-28(3)12-14-29;1-20(2)32-25(31)23-4-3-9-27-24(23)30-16-14-29(15-17-30)19-22-7-5-21(6-8-22)18-28-12-10-26-11-13-28;8-6-2-1-3-7(9)5(6)4-10;1-2-3-6(7)4-5-8/h4-10,21H,11-20H2,1-3H3;3-9,20,26H,10-19H2,1-2H3;1-4H;2-5H,1H2/b;;;5-4+,6-3+. The van der Waals surface area contributed by atoms with Crippen LogP contribution in [0.3, 0.4) is 0 Å². The van der Waals surface area contributed by atoms with Crippen LogP contribution in [-0.2, 0) is 35.7 Å². The van der Waals surface area contributed by atoms with Crippen molar-refractivity contribution in [3.63, 3.8) is 0 Å². The fourth-order valence-electron chi connectivity index (χ4n) is 9.67. The molecule has 4 fully saturated rings. The number of esters is 2. The number of carbonyl (C=O) groups is 3. The summed E-state index contributed by atoms with van der Waals surface area (Å²) in [5, 5.41) is 3.89. The Labute approximate surface area is 500 Å². The third-order valence-electron chi connectivity index (χ3n) is 14.1. The minimum Gasteiger partial charge on any atom is -0.459 e. The van der Waals surface area contributed by atoms with Crippen molar-refractivity contribution < 1.29 is 32.6 Å². The van der Waals surface area contributed by atoms with Gasteiger partial charge in [0.2, 0.25) is 0 Å². The first kappa shape index (κ1) is 65.7. The molecule has 0 aliphatic carbocycles. The smallest absolute Gasteiger partial charge is 0.342 e. The topological polar surface area (TPSA) is 130 Å². The number of hydrogen-bond donors (Lipinski definition) is 1. The zero-order valence-corrected chi connectivity index (χ0v) is 50.3. The van der Waals surface area contributed by atoms with E-state index in [4.69, 9.17) is 32.7 Å². The molecule has 83 heavy (non-hydrogen) atoms. The molecular formula is C64H82Cl2F2N10O5. The van der Waals surface area contributed by atoms with E-state index in [0.717, 1.165) is 149 Å². The molecule has 19 heteroatoms. The van der Waals surface area contributed by atoms with Crippen LogP contribution in [0, 0.1) is 5.82 Å². The third-order valence-corrected chi connectivity index (χ3v) is 14.7. The summed E-state index contributed by atoms with van der Waals surface area (Å²) in [6.07, 6.45) is 8.11. The van der Waals surface area contributed by atoms with Crippen LogP contribution >= 0.6 is 23.2 Å². The van der Waals surface area contributed by atoms with Crippen molar-refractivity contribution in [3.8, 4) is 0 Å². The van der Waals surface area contributed by atoms with Gasteiger partial charge in [0.15, 0.2) is 6.29 Å². The summed E-state index contributed by atoms with van der Waals surface area (Å²) in [5.74, 6) is 0.284. The summed E-state index contributed by atoms with van der Waals surface area (Å²) in [6.45, 7) is 31.0. The number of aromatic nitrogens is 2. The molecule has 5 aromatic rings. The Bertz CT molecular complexity index is 2830. The van der Waals surface area contributed by atoms with Gasteiger partial charge in [-0.1, -0.05) is 90.5 Å². The molecule has 1 N–H and O–H groups in total. The first-order chi connectivity index (χ1) is 40.1. The molecule has 2 aromatic heterocycles. The predicted molar refractivity (Wildman–Crippen MR) is 330 cm³/mol. The summed E-state index contributed by atoms with van der Waals surface area (Å²) in [6, 6.07) is 29.5. The average Bonchev–Trinajstić information content (AvgIpc) is 3.56. The predicted octanol–water partition coefficient (Wildman–Crippen LogP) is 10.2. The second-order valence-electron chi connectivity index (χ2n) is 21.3. The molecular weight excluding hydrogens is 1100 g/mol. The van der Waals surface area contributed by atoms with Gasteiger partial charge < -0.3 is 29.5 Å². The summed E-state index contributed by atoms with van der Waals surface area (Å²) in [4.78, 5) is 60.9. The van der Waals surface area contributed by atoms with Gasteiger partial charge in [-0.2, -0.15) is 0 Å². The molecule has 15 nitrogen and oxygen atoms in total. The fraction of sp³-hybridized carbons (Fsp3) is 0.422. The molecule has 0 unspecified atom stereocenters. The van der Waals surface area contributed by atoms with E-state index in [1.54, 1.807) is 30.6 Å². The Morgan fingerprint density at radius 1 is 0.614 bits per heavy atom. The first-order valence-corrected chi connectivity index (χ1v) is 29.3. The van der Waals surface area contributed by atoms with Crippen molar-refractivity contribution >= 4 is 53.1 Å². The van der Waals surface area contributed by atoms with Crippen LogP contribution in [0.1, 0.15) is 81.0 Å². The van der Waals surface area contributed by atoms with Crippen LogP contribution < -0.4 is 15.1 Å². The van der Waals surface area contributed by atoms with Gasteiger partial charge in [-0.3, -0.25) is 24.4 Å². The van der Waals surface area contributed by atoms with Gasteiger partial charge >= 0.3 is 11.9 Å². The largest absolute Gasteiger partial charge is 0.459 e. The number of aldehydes is 1. The van der Waals surface area contributed by atoms with Crippen molar-refractivity contribution in [1.82, 2.24) is 39.8 Å². The number of pyridine rings is 2. The Balaban J connectivity index is 0.000000206. The normalized spacial score (nSPS) is 16.7. The minimum atomic E-state index is -0.581. The van der Waals surface area contributed by atoms with Gasteiger partial charge in [0.1, 0.15) is 28.6 Å². The third kappa shape index (κ3) is 22.3. The quantitative estimate of drug-likeness (QED) is 0.0538. The highest BCUT2D eigenvalue weighted by molar-refractivity contribution is 6.33. The van der Waals surface area contributed by atoms with E-state index in [1.807, 2.05) is 33.8 Å². The van der Waals surface area contributed by atoms with Crippen LogP contribution in [0.15, 0.2) is 140 Å². The maximum Gasteiger partial charge on any atom is 0.342 e. The van der Waals surface area contributed by atoms with Gasteiger partial charge in [-0.05, 0) is 106 Å². The number of piperazine rings is 4. The van der Waals surface area contributed by atoms with Crippen molar-refractivity contribution in [2.24, 2.45) is 0 Å². The summed E-state index contributed by atoms with van der Waals surface area (Å²) >= 11 is 10.8. The van der Waals surface area contributed by atoms with Crippen molar-refractivity contribution in [3.05, 3.63) is 189 Å². The number of nitrogens with zero attached hydrogens (tertiary/aromatic N) is 9. The van der Waals surface area contributed by atoms with Crippen molar-refractivity contribution in [1.29, 1.82) is 0 Å². The highest BCUT2D eigenvalue weighted by Gasteiger charge is 2.26. The molecule has 4 aliphatic rings. The van der Waals surface area contributed by atoms with Gasteiger partial charge in [0, 0.05) is 148 Å². The monoisotopic (exact) mass is 1180 g/mol. The van der Waals surface area contributed by atoms with E-state index >= 15 is 0 Å². The van der Waals surface area contributed by atoms with Crippen LogP contribution in [-0.4, -0.2) is 177 Å². The van der Waals surface area contributed by atoms with Gasteiger partial charge in [0.25, 0.3) is 0 Å². The highest BCUT2D eigenvalue weighted by atomic mass is 35.5. The van der Waals surface area contributed by atoms with E-state index in [0.29, 0.717) is 28.8 Å². The Kier molecular flexibility index (Phi) is 27.7. The van der Waals surface area contributed by atoms with E-state index in [-0.39, 0.29) is 34.7 Å². The van der Waals surface area contributed by atoms with Gasteiger partial charge in [-0.15, -0.1) is 0 Å². The minimum absolute atomic E-state index is 0.0795. The van der Waals surface area contributed by atoms with Crippen molar-refractivity contribution in [2.45, 2.75) is 66.1 Å². The number of benzene rings is 3. The van der Waals surface area contributed by atoms with Crippen LogP contribution in [0.2, 0.25) is 5.02 Å².